The summed E-state index contributed by atoms with van der Waals surface area (Å²) in [7, 11) is -2.41. The van der Waals surface area contributed by atoms with E-state index in [9.17, 15) is 18.0 Å². The Morgan fingerprint density at radius 3 is 2.70 bits per heavy atom. The number of thiazole rings is 1. The molecule has 1 saturated heterocycles. The molecule has 0 unspecified atom stereocenters. The summed E-state index contributed by atoms with van der Waals surface area (Å²) >= 11 is 1.43. The van der Waals surface area contributed by atoms with Gasteiger partial charge in [-0.1, -0.05) is 0 Å². The van der Waals surface area contributed by atoms with Crippen molar-refractivity contribution in [2.75, 3.05) is 33.3 Å². The Morgan fingerprint density at radius 2 is 2.03 bits per heavy atom. The number of benzene rings is 1. The molecule has 1 aromatic carbocycles. The van der Waals surface area contributed by atoms with Crippen molar-refractivity contribution in [2.24, 2.45) is 0 Å². The maximum Gasteiger partial charge on any atom is 0.409 e. The normalized spacial score (nSPS) is 15.5. The Balaban J connectivity index is 1.56. The van der Waals surface area contributed by atoms with Gasteiger partial charge in [0.05, 0.1) is 33.3 Å². The summed E-state index contributed by atoms with van der Waals surface area (Å²) in [6, 6.07) is 4.68. The van der Waals surface area contributed by atoms with Gasteiger partial charge in [0.1, 0.15) is 0 Å². The number of carbonyl (C=O) groups is 2. The van der Waals surface area contributed by atoms with E-state index in [2.05, 4.69) is 10.3 Å². The lowest BCUT2D eigenvalue weighted by Crippen LogP contribution is -2.49. The van der Waals surface area contributed by atoms with Gasteiger partial charge in [0, 0.05) is 26.2 Å². The average molecular weight is 455 g/mol. The van der Waals surface area contributed by atoms with Gasteiger partial charge in [0.15, 0.2) is 0 Å². The standard InChI is InChI=1S/C19H26N4O5S2/c1-4-28-19(25)23-9-7-14(8-10-23)21-18(24)12-22(3)30(26,27)15-5-6-16-17(11-15)29-13(2)20-16/h5-6,11,14H,4,7-10,12H2,1-3H3,(H,21,24). The first kappa shape index (κ1) is 22.4. The molecule has 0 saturated carbocycles. The average Bonchev–Trinajstić information content (AvgIpc) is 3.07. The molecule has 2 amide bonds. The van der Waals surface area contributed by atoms with Crippen molar-refractivity contribution < 1.29 is 22.7 Å². The molecule has 3 rings (SSSR count). The Bertz CT molecular complexity index is 1030. The predicted octanol–water partition coefficient (Wildman–Crippen LogP) is 1.96. The Labute approximate surface area is 180 Å². The highest BCUT2D eigenvalue weighted by molar-refractivity contribution is 7.89. The van der Waals surface area contributed by atoms with Crippen LogP contribution in [0.15, 0.2) is 23.1 Å². The van der Waals surface area contributed by atoms with Gasteiger partial charge in [-0.2, -0.15) is 4.31 Å². The zero-order valence-corrected chi connectivity index (χ0v) is 18.9. The number of hydrogen-bond donors (Lipinski definition) is 1. The van der Waals surface area contributed by atoms with Gasteiger partial charge in [-0.05, 0) is 44.9 Å². The van der Waals surface area contributed by atoms with Crippen molar-refractivity contribution >= 4 is 43.6 Å². The van der Waals surface area contributed by atoms with Gasteiger partial charge >= 0.3 is 6.09 Å². The van der Waals surface area contributed by atoms with E-state index in [4.69, 9.17) is 4.74 Å². The third-order valence-electron chi connectivity index (χ3n) is 4.93. The molecule has 0 atom stereocenters. The first-order chi connectivity index (χ1) is 14.2. The zero-order chi connectivity index (χ0) is 21.9. The number of sulfonamides is 1. The molecular weight excluding hydrogens is 428 g/mol. The summed E-state index contributed by atoms with van der Waals surface area (Å²) in [5, 5.41) is 3.73. The van der Waals surface area contributed by atoms with Gasteiger partial charge in [-0.3, -0.25) is 4.79 Å². The molecule has 11 heteroatoms. The molecule has 1 fully saturated rings. The molecule has 2 aromatic rings. The van der Waals surface area contributed by atoms with E-state index < -0.39 is 10.0 Å². The molecule has 164 valence electrons. The SMILES string of the molecule is CCOC(=O)N1CCC(NC(=O)CN(C)S(=O)(=O)c2ccc3nc(C)sc3c2)CC1. The van der Waals surface area contributed by atoms with Crippen LogP contribution in [0.2, 0.25) is 0 Å². The van der Waals surface area contributed by atoms with Crippen molar-refractivity contribution in [3.05, 3.63) is 23.2 Å². The second kappa shape index (κ2) is 9.27. The van der Waals surface area contributed by atoms with Crippen molar-refractivity contribution in [2.45, 2.75) is 37.6 Å². The fraction of sp³-hybridized carbons (Fsp3) is 0.526. The Morgan fingerprint density at radius 1 is 1.33 bits per heavy atom. The number of likely N-dealkylation sites (N-methyl/N-ethyl adjacent to an activating group) is 1. The number of ether oxygens (including phenoxy) is 1. The van der Waals surface area contributed by atoms with Crippen LogP contribution in [0.1, 0.15) is 24.8 Å². The second-order valence-corrected chi connectivity index (χ2v) is 10.4. The quantitative estimate of drug-likeness (QED) is 0.715. The zero-order valence-electron chi connectivity index (χ0n) is 17.3. The molecule has 0 spiro atoms. The highest BCUT2D eigenvalue weighted by atomic mass is 32.2. The molecular formula is C19H26N4O5S2. The number of piperidine rings is 1. The van der Waals surface area contributed by atoms with Crippen LogP contribution in [0, 0.1) is 6.92 Å². The molecule has 1 aromatic heterocycles. The molecule has 1 aliphatic heterocycles. The summed E-state index contributed by atoms with van der Waals surface area (Å²) in [5.41, 5.74) is 0.756. The molecule has 0 bridgehead atoms. The summed E-state index contributed by atoms with van der Waals surface area (Å²) in [6.45, 7) is 4.66. The van der Waals surface area contributed by atoms with Gasteiger partial charge in [0.25, 0.3) is 0 Å². The first-order valence-electron chi connectivity index (χ1n) is 9.75. The third-order valence-corrected chi connectivity index (χ3v) is 7.66. The van der Waals surface area contributed by atoms with E-state index in [1.807, 2.05) is 6.92 Å². The van der Waals surface area contributed by atoms with Gasteiger partial charge in [-0.15, -0.1) is 11.3 Å². The van der Waals surface area contributed by atoms with Crippen molar-refractivity contribution in [1.82, 2.24) is 19.5 Å². The largest absolute Gasteiger partial charge is 0.450 e. The van der Waals surface area contributed by atoms with Crippen LogP contribution in [-0.4, -0.2) is 73.9 Å². The summed E-state index contributed by atoms with van der Waals surface area (Å²) < 4.78 is 32.5. The molecule has 1 N–H and O–H groups in total. The minimum atomic E-state index is -3.80. The number of hydrogen-bond acceptors (Lipinski definition) is 7. The van der Waals surface area contributed by atoms with Gasteiger partial charge < -0.3 is 15.0 Å². The molecule has 30 heavy (non-hydrogen) atoms. The molecule has 9 nitrogen and oxygen atoms in total. The number of likely N-dealkylation sites (tertiary alicyclic amines) is 1. The number of carbonyl (C=O) groups excluding carboxylic acids is 2. The Kier molecular flexibility index (Phi) is 6.94. The Hall–Kier alpha value is -2.24. The highest BCUT2D eigenvalue weighted by Gasteiger charge is 2.27. The maximum absolute atomic E-state index is 12.9. The van der Waals surface area contributed by atoms with Crippen LogP contribution < -0.4 is 5.32 Å². The lowest BCUT2D eigenvalue weighted by Gasteiger charge is -2.31. The van der Waals surface area contributed by atoms with Gasteiger partial charge in [-0.25, -0.2) is 18.2 Å². The first-order valence-corrected chi connectivity index (χ1v) is 12.0. The van der Waals surface area contributed by atoms with E-state index in [0.717, 1.165) is 19.5 Å². The number of amides is 2. The number of nitrogens with zero attached hydrogens (tertiary/aromatic N) is 3. The minimum absolute atomic E-state index is 0.101. The second-order valence-electron chi connectivity index (χ2n) is 7.15. The lowest BCUT2D eigenvalue weighted by atomic mass is 10.1. The number of fused-ring (bicyclic) bond motifs is 1. The van der Waals surface area contributed by atoms with Crippen molar-refractivity contribution in [3.63, 3.8) is 0 Å². The van der Waals surface area contributed by atoms with Crippen LogP contribution in [0.25, 0.3) is 10.2 Å². The molecule has 0 aliphatic carbocycles. The molecule has 2 heterocycles. The lowest BCUT2D eigenvalue weighted by molar-refractivity contribution is -0.122. The monoisotopic (exact) mass is 454 g/mol. The van der Waals surface area contributed by atoms with E-state index in [0.29, 0.717) is 32.5 Å². The highest BCUT2D eigenvalue weighted by Crippen LogP contribution is 2.25. The summed E-state index contributed by atoms with van der Waals surface area (Å²) in [5.74, 6) is -0.370. The molecule has 0 radical (unpaired) electrons. The predicted molar refractivity (Wildman–Crippen MR) is 114 cm³/mol. The van der Waals surface area contributed by atoms with Crippen LogP contribution in [-0.2, 0) is 19.6 Å². The van der Waals surface area contributed by atoms with Crippen LogP contribution >= 0.6 is 11.3 Å². The van der Waals surface area contributed by atoms with Gasteiger partial charge in [0.2, 0.25) is 15.9 Å². The van der Waals surface area contributed by atoms with E-state index in [1.54, 1.807) is 24.0 Å². The maximum atomic E-state index is 12.9. The minimum Gasteiger partial charge on any atom is -0.450 e. The van der Waals surface area contributed by atoms with Crippen molar-refractivity contribution in [1.29, 1.82) is 0 Å². The van der Waals surface area contributed by atoms with E-state index in [1.165, 1.54) is 24.5 Å². The molecule has 1 aliphatic rings. The van der Waals surface area contributed by atoms with Crippen molar-refractivity contribution in [3.8, 4) is 0 Å². The van der Waals surface area contributed by atoms with E-state index >= 15 is 0 Å². The fourth-order valence-corrected chi connectivity index (χ4v) is 5.44. The van der Waals surface area contributed by atoms with Crippen LogP contribution in [0.5, 0.6) is 0 Å². The third kappa shape index (κ3) is 5.08. The topological polar surface area (TPSA) is 109 Å². The number of nitrogens with one attached hydrogen (secondary N) is 1. The number of rotatable bonds is 6. The van der Waals surface area contributed by atoms with Crippen LogP contribution in [0.4, 0.5) is 4.79 Å². The number of aryl methyl sites for hydroxylation is 1. The van der Waals surface area contributed by atoms with Crippen LogP contribution in [0.3, 0.4) is 0 Å². The fourth-order valence-electron chi connectivity index (χ4n) is 3.34. The smallest absolute Gasteiger partial charge is 0.409 e. The number of aromatic nitrogens is 1. The van der Waals surface area contributed by atoms with E-state index in [-0.39, 0.29) is 29.5 Å². The summed E-state index contributed by atoms with van der Waals surface area (Å²) in [6.07, 6.45) is 0.853. The summed E-state index contributed by atoms with van der Waals surface area (Å²) in [4.78, 5) is 30.2.